The first-order valence-corrected chi connectivity index (χ1v) is 7.77. The predicted molar refractivity (Wildman–Crippen MR) is 83.2 cm³/mol. The molecule has 1 heterocycles. The lowest BCUT2D eigenvalue weighted by Crippen LogP contribution is -2.15. The molecule has 0 bridgehead atoms. The summed E-state index contributed by atoms with van der Waals surface area (Å²) in [6.45, 7) is 6.33. The lowest BCUT2D eigenvalue weighted by Gasteiger charge is -2.14. The number of Topliss-reactive ketones (excluding diaryl/α,β-unsaturated/α-hetero) is 1. The number of carbonyl (C=O) groups excluding carboxylic acids is 1. The highest BCUT2D eigenvalue weighted by molar-refractivity contribution is 6.09. The Balaban J connectivity index is 2.46. The van der Waals surface area contributed by atoms with Gasteiger partial charge in [0.2, 0.25) is 0 Å². The van der Waals surface area contributed by atoms with E-state index in [0.717, 1.165) is 54.4 Å². The van der Waals surface area contributed by atoms with Crippen LogP contribution in [-0.2, 0) is 6.42 Å². The van der Waals surface area contributed by atoms with Crippen molar-refractivity contribution in [3.63, 3.8) is 0 Å². The Kier molecular flexibility index (Phi) is 4.99. The van der Waals surface area contributed by atoms with E-state index in [-0.39, 0.29) is 11.7 Å². The normalized spacial score (nSPS) is 11.4. The quantitative estimate of drug-likeness (QED) is 0.632. The fraction of sp³-hybridized carbons (Fsp3) is 0.500. The summed E-state index contributed by atoms with van der Waals surface area (Å²) in [4.78, 5) is 12.9. The Bertz CT molecular complexity index is 574. The highest BCUT2D eigenvalue weighted by Crippen LogP contribution is 2.30. The molecule has 0 unspecified atom stereocenters. The Hall–Kier alpha value is -1.57. The van der Waals surface area contributed by atoms with Crippen molar-refractivity contribution in [1.29, 1.82) is 0 Å². The summed E-state index contributed by atoms with van der Waals surface area (Å²) in [5, 5.41) is 0.978. The summed E-state index contributed by atoms with van der Waals surface area (Å²) in [7, 11) is 0. The number of furan rings is 1. The van der Waals surface area contributed by atoms with Crippen molar-refractivity contribution in [3.05, 3.63) is 35.6 Å². The molecule has 0 N–H and O–H groups in total. The van der Waals surface area contributed by atoms with E-state index in [0.29, 0.717) is 0 Å². The van der Waals surface area contributed by atoms with E-state index in [1.54, 1.807) is 0 Å². The summed E-state index contributed by atoms with van der Waals surface area (Å²) in [6.07, 6.45) is 4.80. The minimum atomic E-state index is 0.135. The lowest BCUT2D eigenvalue weighted by atomic mass is 9.88. The van der Waals surface area contributed by atoms with Crippen LogP contribution in [0.5, 0.6) is 0 Å². The standard InChI is InChI=1S/C18H24O2/c1-4-9-13(10-5-2)18(19)17-14-11-7-8-12-16(14)20-15(17)6-3/h7-8,11-13H,4-6,9-10H2,1-3H3. The zero-order valence-electron chi connectivity index (χ0n) is 12.7. The molecule has 2 rings (SSSR count). The van der Waals surface area contributed by atoms with Crippen LogP contribution >= 0.6 is 0 Å². The van der Waals surface area contributed by atoms with Gasteiger partial charge in [0, 0.05) is 17.7 Å². The van der Waals surface area contributed by atoms with Gasteiger partial charge in [-0.3, -0.25) is 4.79 Å². The van der Waals surface area contributed by atoms with Crippen LogP contribution in [0.15, 0.2) is 28.7 Å². The molecule has 0 atom stereocenters. The summed E-state index contributed by atoms with van der Waals surface area (Å²) < 4.78 is 5.86. The van der Waals surface area contributed by atoms with Gasteiger partial charge in [-0.1, -0.05) is 51.8 Å². The molecule has 2 nitrogen and oxygen atoms in total. The minimum absolute atomic E-state index is 0.135. The van der Waals surface area contributed by atoms with Crippen molar-refractivity contribution in [2.24, 2.45) is 5.92 Å². The number of fused-ring (bicyclic) bond motifs is 1. The molecular formula is C18H24O2. The topological polar surface area (TPSA) is 30.2 Å². The van der Waals surface area contributed by atoms with Crippen molar-refractivity contribution in [2.45, 2.75) is 52.9 Å². The van der Waals surface area contributed by atoms with Gasteiger partial charge < -0.3 is 4.42 Å². The predicted octanol–water partition coefficient (Wildman–Crippen LogP) is 5.39. The van der Waals surface area contributed by atoms with Crippen molar-refractivity contribution in [3.8, 4) is 0 Å². The van der Waals surface area contributed by atoms with Gasteiger partial charge in [-0.25, -0.2) is 0 Å². The van der Waals surface area contributed by atoms with Gasteiger partial charge in [-0.2, -0.15) is 0 Å². The molecular weight excluding hydrogens is 248 g/mol. The van der Waals surface area contributed by atoms with Gasteiger partial charge in [0.1, 0.15) is 11.3 Å². The molecule has 0 fully saturated rings. The van der Waals surface area contributed by atoms with Crippen molar-refractivity contribution in [2.75, 3.05) is 0 Å². The first kappa shape index (κ1) is 14.8. The van der Waals surface area contributed by atoms with Crippen LogP contribution in [0.4, 0.5) is 0 Å². The number of hydrogen-bond acceptors (Lipinski definition) is 2. The highest BCUT2D eigenvalue weighted by atomic mass is 16.3. The number of carbonyl (C=O) groups is 1. The van der Waals surface area contributed by atoms with Crippen LogP contribution in [0, 0.1) is 5.92 Å². The summed E-state index contributed by atoms with van der Waals surface area (Å²) in [6, 6.07) is 7.87. The van der Waals surface area contributed by atoms with Crippen LogP contribution in [0.1, 0.15) is 62.6 Å². The van der Waals surface area contributed by atoms with E-state index in [1.165, 1.54) is 0 Å². The van der Waals surface area contributed by atoms with Crippen LogP contribution in [0.3, 0.4) is 0 Å². The fourth-order valence-corrected chi connectivity index (χ4v) is 2.92. The highest BCUT2D eigenvalue weighted by Gasteiger charge is 2.25. The fourth-order valence-electron chi connectivity index (χ4n) is 2.92. The van der Waals surface area contributed by atoms with Crippen LogP contribution < -0.4 is 0 Å². The minimum Gasteiger partial charge on any atom is -0.460 e. The average molecular weight is 272 g/mol. The molecule has 0 spiro atoms. The molecule has 2 aromatic rings. The molecule has 1 aromatic carbocycles. The monoisotopic (exact) mass is 272 g/mol. The van der Waals surface area contributed by atoms with E-state index in [2.05, 4.69) is 13.8 Å². The van der Waals surface area contributed by atoms with Gasteiger partial charge >= 0.3 is 0 Å². The van der Waals surface area contributed by atoms with Crippen LogP contribution in [0.25, 0.3) is 11.0 Å². The molecule has 0 radical (unpaired) electrons. The van der Waals surface area contributed by atoms with Crippen molar-refractivity contribution in [1.82, 2.24) is 0 Å². The van der Waals surface area contributed by atoms with Gasteiger partial charge in [-0.15, -0.1) is 0 Å². The number of aryl methyl sites for hydroxylation is 1. The number of benzene rings is 1. The van der Waals surface area contributed by atoms with E-state index < -0.39 is 0 Å². The van der Waals surface area contributed by atoms with E-state index >= 15 is 0 Å². The first-order chi connectivity index (χ1) is 9.72. The molecule has 2 heteroatoms. The SMILES string of the molecule is CCCC(CCC)C(=O)c1c(CC)oc2ccccc12. The van der Waals surface area contributed by atoms with E-state index in [1.807, 2.05) is 31.2 Å². The summed E-state index contributed by atoms with van der Waals surface area (Å²) >= 11 is 0. The Morgan fingerprint density at radius 1 is 1.10 bits per heavy atom. The van der Waals surface area contributed by atoms with Gasteiger partial charge in [0.25, 0.3) is 0 Å². The molecule has 20 heavy (non-hydrogen) atoms. The molecule has 0 saturated carbocycles. The Morgan fingerprint density at radius 2 is 1.75 bits per heavy atom. The first-order valence-electron chi connectivity index (χ1n) is 7.77. The van der Waals surface area contributed by atoms with Gasteiger partial charge in [-0.05, 0) is 18.9 Å². The maximum absolute atomic E-state index is 12.9. The van der Waals surface area contributed by atoms with Crippen LogP contribution in [0.2, 0.25) is 0 Å². The van der Waals surface area contributed by atoms with E-state index in [9.17, 15) is 4.79 Å². The van der Waals surface area contributed by atoms with Crippen molar-refractivity contribution >= 4 is 16.8 Å². The lowest BCUT2D eigenvalue weighted by molar-refractivity contribution is 0.0904. The number of para-hydroxylation sites is 1. The third-order valence-electron chi connectivity index (χ3n) is 3.88. The second kappa shape index (κ2) is 6.74. The molecule has 0 aliphatic rings. The Labute approximate surface area is 121 Å². The van der Waals surface area contributed by atoms with E-state index in [4.69, 9.17) is 4.42 Å². The molecule has 0 aliphatic heterocycles. The number of ketones is 1. The molecule has 1 aromatic heterocycles. The average Bonchev–Trinajstić information content (AvgIpc) is 2.84. The van der Waals surface area contributed by atoms with Crippen molar-refractivity contribution < 1.29 is 9.21 Å². The third-order valence-corrected chi connectivity index (χ3v) is 3.88. The zero-order valence-corrected chi connectivity index (χ0v) is 12.7. The second-order valence-electron chi connectivity index (χ2n) is 5.39. The number of hydrogen-bond donors (Lipinski definition) is 0. The zero-order chi connectivity index (χ0) is 14.5. The largest absolute Gasteiger partial charge is 0.460 e. The number of rotatable bonds is 7. The summed E-state index contributed by atoms with van der Waals surface area (Å²) in [5.41, 5.74) is 1.66. The van der Waals surface area contributed by atoms with Gasteiger partial charge in [0.15, 0.2) is 5.78 Å². The van der Waals surface area contributed by atoms with Gasteiger partial charge in [0.05, 0.1) is 5.56 Å². The summed E-state index contributed by atoms with van der Waals surface area (Å²) in [5.74, 6) is 1.25. The molecule has 0 amide bonds. The molecule has 0 aliphatic carbocycles. The smallest absolute Gasteiger partial charge is 0.170 e. The maximum Gasteiger partial charge on any atom is 0.170 e. The second-order valence-corrected chi connectivity index (χ2v) is 5.39. The Morgan fingerprint density at radius 3 is 2.35 bits per heavy atom. The van der Waals surface area contributed by atoms with Crippen LogP contribution in [-0.4, -0.2) is 5.78 Å². The maximum atomic E-state index is 12.9. The third kappa shape index (κ3) is 2.79. The molecule has 0 saturated heterocycles. The molecule has 108 valence electrons.